The summed E-state index contributed by atoms with van der Waals surface area (Å²) >= 11 is 7.74. The van der Waals surface area contributed by atoms with E-state index >= 15 is 0 Å². The van der Waals surface area contributed by atoms with Crippen molar-refractivity contribution in [3.8, 4) is 0 Å². The molecule has 0 rings (SSSR count). The molecule has 15 heavy (non-hydrogen) atoms. The monoisotopic (exact) mass is 259 g/mol. The average molecular weight is 259 g/mol. The molecule has 0 aliphatic carbocycles. The van der Waals surface area contributed by atoms with Crippen molar-refractivity contribution in [1.82, 2.24) is 16.0 Å². The van der Waals surface area contributed by atoms with Crippen LogP contribution in [0.15, 0.2) is 0 Å². The number of halogens is 2. The highest BCUT2D eigenvalue weighted by Crippen LogP contribution is 2.12. The van der Waals surface area contributed by atoms with Crippen molar-refractivity contribution in [2.45, 2.75) is 11.6 Å². The Morgan fingerprint density at radius 3 is 1.87 bits per heavy atom. The van der Waals surface area contributed by atoms with Gasteiger partial charge >= 0.3 is 0 Å². The van der Waals surface area contributed by atoms with Crippen molar-refractivity contribution in [3.63, 3.8) is 0 Å². The molecule has 2 unspecified atom stereocenters. The van der Waals surface area contributed by atoms with E-state index in [0.29, 0.717) is 0 Å². The molecule has 0 heterocycles. The molecule has 0 aliphatic rings. The first-order valence-corrected chi connectivity index (χ1v) is 5.90. The van der Waals surface area contributed by atoms with Gasteiger partial charge in [0.25, 0.3) is 0 Å². The van der Waals surface area contributed by atoms with E-state index in [1.807, 2.05) is 0 Å². The van der Waals surface area contributed by atoms with E-state index in [2.05, 4.69) is 41.2 Å². The topological polar surface area (TPSA) is 36.1 Å². The van der Waals surface area contributed by atoms with Crippen LogP contribution in [0.1, 0.15) is 0 Å². The lowest BCUT2D eigenvalue weighted by atomic mass is 10.2. The number of likely N-dealkylation sites (N-methyl/N-ethyl adjacent to an activating group) is 2. The van der Waals surface area contributed by atoms with Crippen LogP contribution in [0.2, 0.25) is 0 Å². The highest BCUT2D eigenvalue weighted by atomic mass is 32.1. The fourth-order valence-corrected chi connectivity index (χ4v) is 1.47. The van der Waals surface area contributed by atoms with E-state index in [1.165, 1.54) is 7.05 Å². The largest absolute Gasteiger partial charge is 0.315 e. The number of hydrogen-bond acceptors (Lipinski definition) is 5. The van der Waals surface area contributed by atoms with Gasteiger partial charge in [0.15, 0.2) is 11.6 Å². The first-order chi connectivity index (χ1) is 6.95. The van der Waals surface area contributed by atoms with Crippen molar-refractivity contribution in [3.05, 3.63) is 0 Å². The highest BCUT2D eigenvalue weighted by Gasteiger charge is 2.32. The summed E-state index contributed by atoms with van der Waals surface area (Å²) < 4.78 is 27.5. The molecule has 0 aromatic carbocycles. The predicted molar refractivity (Wildman–Crippen MR) is 66.4 cm³/mol. The van der Waals surface area contributed by atoms with Gasteiger partial charge in [-0.3, -0.25) is 10.6 Å². The molecule has 0 bridgehead atoms. The number of hydrogen-bond donors (Lipinski definition) is 5. The van der Waals surface area contributed by atoms with Crippen molar-refractivity contribution in [2.75, 3.05) is 38.7 Å². The zero-order chi connectivity index (χ0) is 11.9. The minimum Gasteiger partial charge on any atom is -0.315 e. The first-order valence-electron chi connectivity index (χ1n) is 4.63. The van der Waals surface area contributed by atoms with Crippen molar-refractivity contribution >= 4 is 25.3 Å². The van der Waals surface area contributed by atoms with Crippen LogP contribution in [-0.2, 0) is 0 Å². The molecule has 0 saturated carbocycles. The third-order valence-corrected chi connectivity index (χ3v) is 3.09. The van der Waals surface area contributed by atoms with Crippen LogP contribution in [0.3, 0.4) is 0 Å². The third kappa shape index (κ3) is 5.35. The fourth-order valence-electron chi connectivity index (χ4n) is 0.976. The van der Waals surface area contributed by atoms with Gasteiger partial charge in [0.05, 0.1) is 0 Å². The Hall–Kier alpha value is 0.440. The molecule has 0 amide bonds. The summed E-state index contributed by atoms with van der Waals surface area (Å²) in [5.41, 5.74) is 0. The zero-order valence-corrected chi connectivity index (χ0v) is 10.8. The Labute approximate surface area is 101 Å². The quantitative estimate of drug-likeness (QED) is 0.319. The van der Waals surface area contributed by atoms with E-state index in [-0.39, 0.29) is 24.6 Å². The minimum absolute atomic E-state index is 0.0276. The summed E-state index contributed by atoms with van der Waals surface area (Å²) in [6.07, 6.45) is 0. The van der Waals surface area contributed by atoms with Crippen molar-refractivity contribution in [2.24, 2.45) is 0 Å². The second kappa shape index (κ2) is 6.90. The summed E-state index contributed by atoms with van der Waals surface area (Å²) in [5, 5.41) is 7.63. The second-order valence-electron chi connectivity index (χ2n) is 3.38. The van der Waals surface area contributed by atoms with Crippen molar-refractivity contribution < 1.29 is 8.78 Å². The van der Waals surface area contributed by atoms with E-state index < -0.39 is 11.6 Å². The van der Waals surface area contributed by atoms with E-state index in [9.17, 15) is 8.78 Å². The molecule has 7 heteroatoms. The maximum Gasteiger partial charge on any atom is 0.183 e. The molecule has 0 radical (unpaired) electrons. The Morgan fingerprint density at radius 2 is 1.53 bits per heavy atom. The Morgan fingerprint density at radius 1 is 1.00 bits per heavy atom. The van der Waals surface area contributed by atoms with Gasteiger partial charge in [0.1, 0.15) is 0 Å². The van der Waals surface area contributed by atoms with Gasteiger partial charge in [-0.05, 0) is 14.1 Å². The molecular formula is C8H19F2N3S2. The smallest absolute Gasteiger partial charge is 0.183 e. The minimum atomic E-state index is -1.71. The third-order valence-electron chi connectivity index (χ3n) is 2.09. The lowest BCUT2D eigenvalue weighted by molar-refractivity contribution is 0.0870. The summed E-state index contributed by atoms with van der Waals surface area (Å²) in [4.78, 5) is 0. The van der Waals surface area contributed by atoms with Gasteiger partial charge in [0.2, 0.25) is 0 Å². The molecule has 2 atom stereocenters. The van der Waals surface area contributed by atoms with Crippen LogP contribution < -0.4 is 16.0 Å². The van der Waals surface area contributed by atoms with Crippen LogP contribution in [0.4, 0.5) is 8.78 Å². The summed E-state index contributed by atoms with van der Waals surface area (Å²) in [6.45, 7) is -0.0887. The standard InChI is InChI=1S/C8H19F2N3S2/c1-11-3-8(10,6-15)13-4-7(9,5-14)12-2/h11-15H,3-6H2,1-2H3. The van der Waals surface area contributed by atoms with Crippen LogP contribution in [-0.4, -0.2) is 50.3 Å². The lowest BCUT2D eigenvalue weighted by Crippen LogP contribution is -2.58. The molecule has 3 N–H and O–H groups in total. The van der Waals surface area contributed by atoms with E-state index in [1.54, 1.807) is 7.05 Å². The van der Waals surface area contributed by atoms with Crippen molar-refractivity contribution in [1.29, 1.82) is 0 Å². The fraction of sp³-hybridized carbons (Fsp3) is 1.00. The van der Waals surface area contributed by atoms with E-state index in [0.717, 1.165) is 0 Å². The van der Waals surface area contributed by atoms with Crippen LogP contribution in [0.5, 0.6) is 0 Å². The van der Waals surface area contributed by atoms with Gasteiger partial charge in [-0.15, -0.1) is 0 Å². The van der Waals surface area contributed by atoms with Crippen LogP contribution in [0, 0.1) is 0 Å². The maximum absolute atomic E-state index is 13.9. The number of rotatable bonds is 8. The average Bonchev–Trinajstić information content (AvgIpc) is 2.26. The molecule has 3 nitrogen and oxygen atoms in total. The summed E-state index contributed by atoms with van der Waals surface area (Å²) in [6, 6.07) is 0. The zero-order valence-electron chi connectivity index (χ0n) is 8.98. The number of alkyl halides is 2. The summed E-state index contributed by atoms with van der Waals surface area (Å²) in [5.74, 6) is -3.48. The molecule has 0 aromatic rings. The molecule has 0 aliphatic heterocycles. The number of thiol groups is 2. The molecule has 92 valence electrons. The molecular weight excluding hydrogens is 240 g/mol. The molecule has 0 saturated heterocycles. The van der Waals surface area contributed by atoms with Crippen LogP contribution in [0.25, 0.3) is 0 Å². The second-order valence-corrected chi connectivity index (χ2v) is 4.01. The molecule has 0 spiro atoms. The van der Waals surface area contributed by atoms with E-state index in [4.69, 9.17) is 0 Å². The first kappa shape index (κ1) is 15.4. The normalized spacial score (nSPS) is 19.6. The Kier molecular flexibility index (Phi) is 7.10. The maximum atomic E-state index is 13.9. The Bertz CT molecular complexity index is 181. The van der Waals surface area contributed by atoms with Gasteiger partial charge in [-0.2, -0.15) is 25.3 Å². The Balaban J connectivity index is 4.20. The van der Waals surface area contributed by atoms with Gasteiger partial charge in [-0.25, -0.2) is 8.78 Å². The van der Waals surface area contributed by atoms with Gasteiger partial charge in [0, 0.05) is 24.6 Å². The van der Waals surface area contributed by atoms with Crippen LogP contribution >= 0.6 is 25.3 Å². The van der Waals surface area contributed by atoms with Gasteiger partial charge in [-0.1, -0.05) is 0 Å². The van der Waals surface area contributed by atoms with Gasteiger partial charge < -0.3 is 5.32 Å². The highest BCUT2D eigenvalue weighted by molar-refractivity contribution is 7.80. The SMILES string of the molecule is CNCC(F)(CS)NCC(F)(CS)NC. The summed E-state index contributed by atoms with van der Waals surface area (Å²) in [7, 11) is 3.09. The number of nitrogens with one attached hydrogen (secondary N) is 3. The lowest BCUT2D eigenvalue weighted by Gasteiger charge is -2.30. The molecule has 0 aromatic heterocycles. The predicted octanol–water partition coefficient (Wildman–Crippen LogP) is 0.206. The molecule has 0 fully saturated rings.